The van der Waals surface area contributed by atoms with Gasteiger partial charge in [0.25, 0.3) is 5.91 Å². The summed E-state index contributed by atoms with van der Waals surface area (Å²) < 4.78 is 5.47. The van der Waals surface area contributed by atoms with Crippen molar-refractivity contribution in [2.75, 3.05) is 6.61 Å². The van der Waals surface area contributed by atoms with Gasteiger partial charge in [-0.1, -0.05) is 48.5 Å². The first-order valence-electron chi connectivity index (χ1n) is 9.67. The zero-order valence-electron chi connectivity index (χ0n) is 17.3. The Morgan fingerprint density at radius 1 is 0.968 bits per heavy atom. The van der Waals surface area contributed by atoms with Crippen LogP contribution >= 0.6 is 12.2 Å². The zero-order chi connectivity index (χ0) is 22.2. The van der Waals surface area contributed by atoms with Crippen LogP contribution in [0.25, 0.3) is 16.8 Å². The van der Waals surface area contributed by atoms with Crippen LogP contribution in [0.15, 0.2) is 66.7 Å². The van der Waals surface area contributed by atoms with E-state index in [1.807, 2.05) is 74.5 Å². The third-order valence-corrected chi connectivity index (χ3v) is 4.56. The number of hydrogen-bond donors (Lipinski definition) is 3. The molecular formula is C24H23N3O3S. The number of carbonyl (C=O) groups is 2. The molecule has 31 heavy (non-hydrogen) atoms. The number of thiocarbonyl (C=S) groups is 1. The molecule has 7 heteroatoms. The minimum Gasteiger partial charge on any atom is -0.484 e. The molecule has 2 amide bonds. The fourth-order valence-electron chi connectivity index (χ4n) is 3.07. The number of aryl methyl sites for hydroxylation is 2. The van der Waals surface area contributed by atoms with Gasteiger partial charge in [-0.3, -0.25) is 25.8 Å². The van der Waals surface area contributed by atoms with Crippen molar-refractivity contribution < 1.29 is 14.3 Å². The Labute approximate surface area is 186 Å². The summed E-state index contributed by atoms with van der Waals surface area (Å²) in [7, 11) is 0. The van der Waals surface area contributed by atoms with Crippen molar-refractivity contribution >= 4 is 46.0 Å². The van der Waals surface area contributed by atoms with Crippen molar-refractivity contribution in [3.63, 3.8) is 0 Å². The minimum atomic E-state index is -0.429. The van der Waals surface area contributed by atoms with E-state index in [2.05, 4.69) is 16.2 Å². The molecule has 3 aromatic rings. The normalized spacial score (nSPS) is 10.6. The summed E-state index contributed by atoms with van der Waals surface area (Å²) in [6.07, 6.45) is 3.11. The molecule has 6 nitrogen and oxygen atoms in total. The molecule has 0 bridgehead atoms. The molecule has 0 heterocycles. The van der Waals surface area contributed by atoms with Gasteiger partial charge in [-0.05, 0) is 71.7 Å². The molecule has 0 aromatic heterocycles. The summed E-state index contributed by atoms with van der Waals surface area (Å²) in [6, 6.07) is 19.5. The van der Waals surface area contributed by atoms with Crippen molar-refractivity contribution in [2.24, 2.45) is 0 Å². The molecule has 3 aromatic carbocycles. The van der Waals surface area contributed by atoms with Gasteiger partial charge in [-0.25, -0.2) is 0 Å². The van der Waals surface area contributed by atoms with Crippen LogP contribution in [-0.2, 0) is 9.59 Å². The quantitative estimate of drug-likeness (QED) is 0.326. The van der Waals surface area contributed by atoms with E-state index < -0.39 is 11.8 Å². The fraction of sp³-hybridized carbons (Fsp3) is 0.125. The first-order valence-corrected chi connectivity index (χ1v) is 10.1. The Balaban J connectivity index is 1.45. The minimum absolute atomic E-state index is 0.0210. The number of fused-ring (bicyclic) bond motifs is 1. The molecule has 3 N–H and O–H groups in total. The third kappa shape index (κ3) is 6.65. The van der Waals surface area contributed by atoms with Crippen molar-refractivity contribution in [1.29, 1.82) is 0 Å². The molecule has 0 spiro atoms. The molecule has 0 aliphatic rings. The van der Waals surface area contributed by atoms with E-state index in [9.17, 15) is 9.59 Å². The van der Waals surface area contributed by atoms with Crippen LogP contribution in [0.3, 0.4) is 0 Å². The number of hydrogen-bond acceptors (Lipinski definition) is 4. The molecular weight excluding hydrogens is 410 g/mol. The highest BCUT2D eigenvalue weighted by Gasteiger charge is 2.06. The number of benzene rings is 3. The highest BCUT2D eigenvalue weighted by Crippen LogP contribution is 2.19. The molecule has 0 unspecified atom stereocenters. The summed E-state index contributed by atoms with van der Waals surface area (Å²) in [6.45, 7) is 3.72. The monoisotopic (exact) mass is 433 g/mol. The molecule has 0 saturated heterocycles. The predicted octanol–water partition coefficient (Wildman–Crippen LogP) is 3.57. The highest BCUT2D eigenvalue weighted by molar-refractivity contribution is 7.80. The fourth-order valence-corrected chi connectivity index (χ4v) is 3.23. The standard InChI is InChI=1S/C24H23N3O3S/c1-16-12-17(2)14-20(13-16)30-15-23(29)26-27-24(31)25-22(28)11-10-19-8-5-7-18-6-3-4-9-21(18)19/h3-14H,15H2,1-2H3,(H,26,29)(H2,25,27,28,31)/b11-10+. The van der Waals surface area contributed by atoms with Gasteiger partial charge in [0.05, 0.1) is 0 Å². The lowest BCUT2D eigenvalue weighted by molar-refractivity contribution is -0.123. The van der Waals surface area contributed by atoms with Crippen LogP contribution in [-0.4, -0.2) is 23.5 Å². The average molecular weight is 434 g/mol. The van der Waals surface area contributed by atoms with Gasteiger partial charge < -0.3 is 4.74 Å². The molecule has 0 fully saturated rings. The molecule has 0 saturated carbocycles. The lowest BCUT2D eigenvalue weighted by Crippen LogP contribution is -2.49. The van der Waals surface area contributed by atoms with Crippen LogP contribution in [0.5, 0.6) is 5.75 Å². The third-order valence-electron chi connectivity index (χ3n) is 4.35. The average Bonchev–Trinajstić information content (AvgIpc) is 2.74. The summed E-state index contributed by atoms with van der Waals surface area (Å²) >= 11 is 5.04. The first kappa shape index (κ1) is 22.0. The van der Waals surface area contributed by atoms with Gasteiger partial charge in [0.1, 0.15) is 5.75 Å². The first-order chi connectivity index (χ1) is 14.9. The molecule has 158 valence electrons. The van der Waals surface area contributed by atoms with Crippen molar-refractivity contribution in [1.82, 2.24) is 16.2 Å². The lowest BCUT2D eigenvalue weighted by atomic mass is 10.0. The summed E-state index contributed by atoms with van der Waals surface area (Å²) in [5.41, 5.74) is 7.90. The Bertz CT molecular complexity index is 1130. The Hall–Kier alpha value is -3.71. The van der Waals surface area contributed by atoms with Crippen LogP contribution in [0.2, 0.25) is 0 Å². The molecule has 0 atom stereocenters. The topological polar surface area (TPSA) is 79.5 Å². The van der Waals surface area contributed by atoms with Crippen LogP contribution in [0, 0.1) is 13.8 Å². The SMILES string of the molecule is Cc1cc(C)cc(OCC(=O)NNC(=S)NC(=O)/C=C/c2cccc3ccccc23)c1. The maximum atomic E-state index is 12.1. The second-order valence-electron chi connectivity index (χ2n) is 7.01. The summed E-state index contributed by atoms with van der Waals surface area (Å²) in [5, 5.41) is 4.60. The molecule has 0 aliphatic heterocycles. The lowest BCUT2D eigenvalue weighted by Gasteiger charge is -2.11. The molecule has 0 radical (unpaired) electrons. The zero-order valence-corrected chi connectivity index (χ0v) is 18.1. The van der Waals surface area contributed by atoms with Gasteiger partial charge >= 0.3 is 0 Å². The van der Waals surface area contributed by atoms with E-state index in [1.165, 1.54) is 6.08 Å². The highest BCUT2D eigenvalue weighted by atomic mass is 32.1. The van der Waals surface area contributed by atoms with Gasteiger partial charge in [-0.15, -0.1) is 0 Å². The van der Waals surface area contributed by atoms with Gasteiger partial charge in [0, 0.05) is 6.08 Å². The predicted molar refractivity (Wildman–Crippen MR) is 126 cm³/mol. The van der Waals surface area contributed by atoms with Crippen molar-refractivity contribution in [3.8, 4) is 5.75 Å². The Kier molecular flexibility index (Phi) is 7.35. The Morgan fingerprint density at radius 2 is 1.68 bits per heavy atom. The van der Waals surface area contributed by atoms with E-state index in [0.717, 1.165) is 27.5 Å². The largest absolute Gasteiger partial charge is 0.484 e. The van der Waals surface area contributed by atoms with E-state index >= 15 is 0 Å². The number of hydrazine groups is 1. The van der Waals surface area contributed by atoms with Crippen molar-refractivity contribution in [2.45, 2.75) is 13.8 Å². The van der Waals surface area contributed by atoms with Gasteiger partial charge in [-0.2, -0.15) is 0 Å². The van der Waals surface area contributed by atoms with Crippen LogP contribution in [0.4, 0.5) is 0 Å². The number of rotatable bonds is 5. The van der Waals surface area contributed by atoms with Crippen molar-refractivity contribution in [3.05, 3.63) is 83.4 Å². The van der Waals surface area contributed by atoms with E-state index in [1.54, 1.807) is 6.08 Å². The van der Waals surface area contributed by atoms with Crippen LogP contribution in [0.1, 0.15) is 16.7 Å². The molecule has 0 aliphatic carbocycles. The van der Waals surface area contributed by atoms with Crippen LogP contribution < -0.4 is 20.9 Å². The Morgan fingerprint density at radius 3 is 2.45 bits per heavy atom. The van der Waals surface area contributed by atoms with E-state index in [4.69, 9.17) is 17.0 Å². The maximum Gasteiger partial charge on any atom is 0.276 e. The smallest absolute Gasteiger partial charge is 0.276 e. The van der Waals surface area contributed by atoms with Gasteiger partial charge in [0.2, 0.25) is 5.91 Å². The number of nitrogens with one attached hydrogen (secondary N) is 3. The number of amides is 2. The summed E-state index contributed by atoms with van der Waals surface area (Å²) in [5.74, 6) is -0.227. The molecule has 3 rings (SSSR count). The number of ether oxygens (including phenoxy) is 1. The maximum absolute atomic E-state index is 12.1. The second-order valence-corrected chi connectivity index (χ2v) is 7.41. The number of carbonyl (C=O) groups excluding carboxylic acids is 2. The summed E-state index contributed by atoms with van der Waals surface area (Å²) in [4.78, 5) is 24.0. The van der Waals surface area contributed by atoms with E-state index in [0.29, 0.717) is 5.75 Å². The van der Waals surface area contributed by atoms with Gasteiger partial charge in [0.15, 0.2) is 11.7 Å². The second kappa shape index (κ2) is 10.4. The van der Waals surface area contributed by atoms with E-state index in [-0.39, 0.29) is 11.7 Å².